The average Bonchev–Trinajstić information content (AvgIpc) is 2.52. The molecule has 0 aromatic heterocycles. The summed E-state index contributed by atoms with van der Waals surface area (Å²) in [5.74, 6) is -1.07. The Balaban J connectivity index is 2.02. The number of nitroso groups, excluding NO2 is 1. The molecule has 0 aliphatic rings. The molecule has 2 aromatic carbocycles. The summed E-state index contributed by atoms with van der Waals surface area (Å²) in [5.41, 5.74) is 1.65. The lowest BCUT2D eigenvalue weighted by Gasteiger charge is -2.13. The molecular formula is C16H15NO3. The molecule has 0 saturated carbocycles. The summed E-state index contributed by atoms with van der Waals surface area (Å²) in [5, 5.41) is 2.84. The van der Waals surface area contributed by atoms with Crippen molar-refractivity contribution in [1.82, 2.24) is 0 Å². The van der Waals surface area contributed by atoms with E-state index in [0.29, 0.717) is 0 Å². The molecule has 0 saturated heterocycles. The molecule has 0 spiro atoms. The average molecular weight is 269 g/mol. The highest BCUT2D eigenvalue weighted by molar-refractivity contribution is 5.78. The van der Waals surface area contributed by atoms with Crippen molar-refractivity contribution in [1.29, 1.82) is 0 Å². The lowest BCUT2D eigenvalue weighted by atomic mass is 10.00. The molecule has 0 aliphatic heterocycles. The van der Waals surface area contributed by atoms with E-state index in [1.165, 1.54) is 0 Å². The second-order valence-electron chi connectivity index (χ2n) is 4.37. The standard InChI is InChI=1S/C16H15NO3/c18-16(20-12-13-7-3-1-4-8-13)15(11-17-19)14-9-5-2-6-10-14/h1-10,15H,11-12H2. The van der Waals surface area contributed by atoms with Crippen LogP contribution in [-0.4, -0.2) is 12.5 Å². The van der Waals surface area contributed by atoms with Gasteiger partial charge in [0.1, 0.15) is 12.5 Å². The molecule has 0 N–H and O–H groups in total. The number of nitrogens with zero attached hydrogens (tertiary/aromatic N) is 1. The normalized spacial score (nSPS) is 11.6. The summed E-state index contributed by atoms with van der Waals surface area (Å²) in [7, 11) is 0. The predicted molar refractivity (Wildman–Crippen MR) is 76.1 cm³/mol. The fourth-order valence-electron chi connectivity index (χ4n) is 1.91. The lowest BCUT2D eigenvalue weighted by Crippen LogP contribution is -2.18. The molecule has 0 amide bonds. The van der Waals surface area contributed by atoms with Crippen LogP contribution >= 0.6 is 0 Å². The van der Waals surface area contributed by atoms with E-state index in [9.17, 15) is 9.70 Å². The maximum absolute atomic E-state index is 12.1. The van der Waals surface area contributed by atoms with Gasteiger partial charge in [0.2, 0.25) is 0 Å². The van der Waals surface area contributed by atoms with Gasteiger partial charge in [-0.25, -0.2) is 0 Å². The molecule has 20 heavy (non-hydrogen) atoms. The van der Waals surface area contributed by atoms with E-state index in [2.05, 4.69) is 5.18 Å². The quantitative estimate of drug-likeness (QED) is 0.597. The molecule has 2 aromatic rings. The number of hydrogen-bond acceptors (Lipinski definition) is 4. The van der Waals surface area contributed by atoms with Crippen molar-refractivity contribution in [2.24, 2.45) is 5.18 Å². The molecule has 4 nitrogen and oxygen atoms in total. The molecule has 1 unspecified atom stereocenters. The van der Waals surface area contributed by atoms with E-state index in [-0.39, 0.29) is 13.2 Å². The van der Waals surface area contributed by atoms with E-state index < -0.39 is 11.9 Å². The van der Waals surface area contributed by atoms with Gasteiger partial charge in [-0.3, -0.25) is 4.79 Å². The van der Waals surface area contributed by atoms with Gasteiger partial charge in [-0.1, -0.05) is 65.8 Å². The first-order valence-electron chi connectivity index (χ1n) is 6.36. The third-order valence-electron chi connectivity index (χ3n) is 2.97. The highest BCUT2D eigenvalue weighted by Gasteiger charge is 2.22. The van der Waals surface area contributed by atoms with Crippen molar-refractivity contribution in [3.63, 3.8) is 0 Å². The van der Waals surface area contributed by atoms with Crippen molar-refractivity contribution < 1.29 is 9.53 Å². The smallest absolute Gasteiger partial charge is 0.315 e. The zero-order chi connectivity index (χ0) is 14.2. The largest absolute Gasteiger partial charge is 0.460 e. The fraction of sp³-hybridized carbons (Fsp3) is 0.188. The fourth-order valence-corrected chi connectivity index (χ4v) is 1.91. The molecule has 0 bridgehead atoms. The SMILES string of the molecule is O=NCC(C(=O)OCc1ccccc1)c1ccccc1. The Kier molecular flexibility index (Phi) is 5.00. The first-order chi connectivity index (χ1) is 9.81. The van der Waals surface area contributed by atoms with Crippen LogP contribution in [0.4, 0.5) is 0 Å². The van der Waals surface area contributed by atoms with Crippen LogP contribution in [-0.2, 0) is 16.1 Å². The van der Waals surface area contributed by atoms with Crippen LogP contribution in [0, 0.1) is 4.91 Å². The summed E-state index contributed by atoms with van der Waals surface area (Å²) < 4.78 is 5.26. The van der Waals surface area contributed by atoms with Crippen LogP contribution in [0.2, 0.25) is 0 Å². The maximum Gasteiger partial charge on any atom is 0.315 e. The van der Waals surface area contributed by atoms with E-state index in [0.717, 1.165) is 11.1 Å². The summed E-state index contributed by atoms with van der Waals surface area (Å²) in [6.07, 6.45) is 0. The van der Waals surface area contributed by atoms with Crippen LogP contribution in [0.5, 0.6) is 0 Å². The lowest BCUT2D eigenvalue weighted by molar-refractivity contribution is -0.146. The van der Waals surface area contributed by atoms with Crippen LogP contribution in [0.15, 0.2) is 65.8 Å². The van der Waals surface area contributed by atoms with Crippen molar-refractivity contribution >= 4 is 5.97 Å². The summed E-state index contributed by atoms with van der Waals surface area (Å²) in [6.45, 7) is 0.0828. The highest BCUT2D eigenvalue weighted by atomic mass is 16.5. The molecular weight excluding hydrogens is 254 g/mol. The number of ether oxygens (including phenoxy) is 1. The predicted octanol–water partition coefficient (Wildman–Crippen LogP) is 3.28. The Morgan fingerprint density at radius 1 is 1.00 bits per heavy atom. The Hall–Kier alpha value is -2.49. The van der Waals surface area contributed by atoms with E-state index >= 15 is 0 Å². The number of hydrogen-bond donors (Lipinski definition) is 0. The van der Waals surface area contributed by atoms with Gasteiger partial charge in [0.05, 0.1) is 6.54 Å². The topological polar surface area (TPSA) is 55.7 Å². The Morgan fingerprint density at radius 3 is 2.20 bits per heavy atom. The van der Waals surface area contributed by atoms with Gasteiger partial charge in [0, 0.05) is 0 Å². The van der Waals surface area contributed by atoms with Gasteiger partial charge in [-0.15, -0.1) is 0 Å². The summed E-state index contributed by atoms with van der Waals surface area (Å²) in [6, 6.07) is 18.5. The van der Waals surface area contributed by atoms with Gasteiger partial charge in [0.15, 0.2) is 0 Å². The van der Waals surface area contributed by atoms with E-state index in [1.807, 2.05) is 48.5 Å². The zero-order valence-electron chi connectivity index (χ0n) is 10.9. The monoisotopic (exact) mass is 269 g/mol. The van der Waals surface area contributed by atoms with Gasteiger partial charge in [-0.05, 0) is 11.1 Å². The minimum Gasteiger partial charge on any atom is -0.460 e. The van der Waals surface area contributed by atoms with Crippen LogP contribution < -0.4 is 0 Å². The molecule has 0 heterocycles. The van der Waals surface area contributed by atoms with Crippen molar-refractivity contribution in [2.45, 2.75) is 12.5 Å². The van der Waals surface area contributed by atoms with Crippen molar-refractivity contribution in [2.75, 3.05) is 6.54 Å². The number of rotatable bonds is 6. The number of carbonyl (C=O) groups is 1. The molecule has 1 atom stereocenters. The molecule has 4 heteroatoms. The first-order valence-corrected chi connectivity index (χ1v) is 6.36. The van der Waals surface area contributed by atoms with Crippen LogP contribution in [0.1, 0.15) is 17.0 Å². The third kappa shape index (κ3) is 3.75. The Labute approximate surface area is 117 Å². The van der Waals surface area contributed by atoms with E-state index in [1.54, 1.807) is 12.1 Å². The summed E-state index contributed by atoms with van der Waals surface area (Å²) >= 11 is 0. The molecule has 102 valence electrons. The molecule has 0 aliphatic carbocycles. The third-order valence-corrected chi connectivity index (χ3v) is 2.97. The first kappa shape index (κ1) is 13.9. The zero-order valence-corrected chi connectivity index (χ0v) is 10.9. The highest BCUT2D eigenvalue weighted by Crippen LogP contribution is 2.18. The maximum atomic E-state index is 12.1. The van der Waals surface area contributed by atoms with Crippen molar-refractivity contribution in [3.05, 3.63) is 76.7 Å². The van der Waals surface area contributed by atoms with Crippen molar-refractivity contribution in [3.8, 4) is 0 Å². The van der Waals surface area contributed by atoms with Gasteiger partial charge >= 0.3 is 5.97 Å². The van der Waals surface area contributed by atoms with Gasteiger partial charge in [-0.2, -0.15) is 4.91 Å². The Morgan fingerprint density at radius 2 is 1.60 bits per heavy atom. The Bertz CT molecular complexity index is 554. The minimum atomic E-state index is -0.641. The van der Waals surface area contributed by atoms with Crippen LogP contribution in [0.25, 0.3) is 0 Å². The number of esters is 1. The summed E-state index contributed by atoms with van der Waals surface area (Å²) in [4.78, 5) is 22.6. The number of benzene rings is 2. The second kappa shape index (κ2) is 7.19. The minimum absolute atomic E-state index is 0.113. The van der Waals surface area contributed by atoms with Gasteiger partial charge in [0.25, 0.3) is 0 Å². The molecule has 2 rings (SSSR count). The molecule has 0 radical (unpaired) electrons. The van der Waals surface area contributed by atoms with E-state index in [4.69, 9.17) is 4.74 Å². The second-order valence-corrected chi connectivity index (χ2v) is 4.37. The van der Waals surface area contributed by atoms with Crippen LogP contribution in [0.3, 0.4) is 0 Å². The number of carbonyl (C=O) groups excluding carboxylic acids is 1. The van der Waals surface area contributed by atoms with Gasteiger partial charge < -0.3 is 4.74 Å². The molecule has 0 fully saturated rings.